The van der Waals surface area contributed by atoms with Crippen molar-refractivity contribution < 1.29 is 14.4 Å². The predicted molar refractivity (Wildman–Crippen MR) is 175 cm³/mol. The fourth-order valence-electron chi connectivity index (χ4n) is 7.71. The Labute approximate surface area is 267 Å². The van der Waals surface area contributed by atoms with Crippen LogP contribution in [0.3, 0.4) is 0 Å². The van der Waals surface area contributed by atoms with E-state index in [0.717, 1.165) is 43.2 Å². The van der Waals surface area contributed by atoms with Crippen molar-refractivity contribution >= 4 is 29.3 Å². The minimum absolute atomic E-state index is 0.105. The molecule has 1 aliphatic heterocycles. The average Bonchev–Trinajstić information content (AvgIpc) is 3.01. The lowest BCUT2D eigenvalue weighted by molar-refractivity contribution is -0.147. The molecule has 2 aliphatic carbocycles. The van der Waals surface area contributed by atoms with Crippen LogP contribution in [-0.4, -0.2) is 47.3 Å². The van der Waals surface area contributed by atoms with Gasteiger partial charge in [0.2, 0.25) is 17.7 Å². The first-order valence-electron chi connectivity index (χ1n) is 16.5. The molecule has 5 rings (SSSR count). The number of hydrogen-bond donors (Lipinski definition) is 3. The van der Waals surface area contributed by atoms with Crippen LogP contribution >= 0.6 is 11.6 Å². The number of carbonyl (C=O) groups is 3. The molecule has 0 bridgehead atoms. The molecule has 3 amide bonds. The summed E-state index contributed by atoms with van der Waals surface area (Å²) in [6.45, 7) is 7.07. The average molecular weight is 621 g/mol. The Morgan fingerprint density at radius 1 is 0.977 bits per heavy atom. The van der Waals surface area contributed by atoms with Crippen molar-refractivity contribution in [2.24, 2.45) is 23.0 Å². The molecule has 0 radical (unpaired) electrons. The third-order valence-electron chi connectivity index (χ3n) is 10.2. The quantitative estimate of drug-likeness (QED) is 0.367. The van der Waals surface area contributed by atoms with Gasteiger partial charge >= 0.3 is 0 Å². The molecule has 8 heteroatoms. The molecule has 2 aromatic carbocycles. The van der Waals surface area contributed by atoms with Gasteiger partial charge in [-0.1, -0.05) is 67.3 Å². The van der Waals surface area contributed by atoms with Crippen LogP contribution < -0.4 is 16.4 Å². The van der Waals surface area contributed by atoms with Crippen LogP contribution in [0.4, 0.5) is 0 Å². The van der Waals surface area contributed by atoms with E-state index in [1.54, 1.807) is 0 Å². The van der Waals surface area contributed by atoms with E-state index in [-0.39, 0.29) is 23.3 Å². The van der Waals surface area contributed by atoms with E-state index >= 15 is 0 Å². The van der Waals surface area contributed by atoms with Crippen molar-refractivity contribution in [1.29, 1.82) is 0 Å². The maximum Gasteiger partial charge on any atom is 0.245 e. The molecule has 0 unspecified atom stereocenters. The molecular weight excluding hydrogens is 572 g/mol. The Bertz CT molecular complexity index is 1320. The molecule has 2 aromatic rings. The lowest BCUT2D eigenvalue weighted by atomic mass is 9.63. The lowest BCUT2D eigenvalue weighted by Gasteiger charge is -2.48. The van der Waals surface area contributed by atoms with Gasteiger partial charge in [0.25, 0.3) is 0 Å². The molecule has 3 atom stereocenters. The van der Waals surface area contributed by atoms with Gasteiger partial charge in [0.1, 0.15) is 6.04 Å². The van der Waals surface area contributed by atoms with E-state index in [2.05, 4.69) is 16.7 Å². The normalized spacial score (nSPS) is 22.9. The van der Waals surface area contributed by atoms with Crippen molar-refractivity contribution in [3.05, 3.63) is 70.2 Å². The van der Waals surface area contributed by atoms with Crippen LogP contribution in [0, 0.1) is 17.3 Å². The Morgan fingerprint density at radius 2 is 1.64 bits per heavy atom. The number of hydrogen-bond acceptors (Lipinski definition) is 4. The van der Waals surface area contributed by atoms with Crippen molar-refractivity contribution in [3.63, 3.8) is 0 Å². The number of nitrogens with one attached hydrogen (secondary N) is 2. The molecule has 238 valence electrons. The first kappa shape index (κ1) is 32.5. The van der Waals surface area contributed by atoms with Gasteiger partial charge in [0.15, 0.2) is 0 Å². The standard InChI is InChI=1S/C36H49ClN4O3/c1-35(2,3)40-34(44)36(26-10-5-4-6-11-26)19-21-41(22-20-36)33(43)30(23-24-13-16-27(37)17-14-24)39-32(42)29-18-15-25-9-7-8-12-28(25)31(29)38/h7-9,12-14,16-17,26,29-31H,4-6,10-11,15,18-23,38H2,1-3H3,(H,39,42)(H,40,44)/t29-,30+,31+/m0/s1. The summed E-state index contributed by atoms with van der Waals surface area (Å²) in [5, 5.41) is 7.03. The Kier molecular flexibility index (Phi) is 10.1. The van der Waals surface area contributed by atoms with Gasteiger partial charge in [-0.15, -0.1) is 0 Å². The Hall–Kier alpha value is -2.90. The summed E-state index contributed by atoms with van der Waals surface area (Å²) >= 11 is 6.14. The highest BCUT2D eigenvalue weighted by Crippen LogP contribution is 2.46. The maximum absolute atomic E-state index is 14.2. The number of carbonyl (C=O) groups excluding carboxylic acids is 3. The van der Waals surface area contributed by atoms with Gasteiger partial charge in [-0.25, -0.2) is 0 Å². The third kappa shape index (κ3) is 7.31. The summed E-state index contributed by atoms with van der Waals surface area (Å²) in [5.41, 5.74) is 8.94. The highest BCUT2D eigenvalue weighted by Gasteiger charge is 2.49. The zero-order valence-electron chi connectivity index (χ0n) is 26.5. The van der Waals surface area contributed by atoms with E-state index in [1.165, 1.54) is 12.0 Å². The van der Waals surface area contributed by atoms with Gasteiger partial charge in [0.05, 0.1) is 11.3 Å². The first-order chi connectivity index (χ1) is 21.0. The molecule has 7 nitrogen and oxygen atoms in total. The van der Waals surface area contributed by atoms with Gasteiger partial charge in [-0.3, -0.25) is 14.4 Å². The minimum Gasteiger partial charge on any atom is -0.351 e. The summed E-state index contributed by atoms with van der Waals surface area (Å²) in [4.78, 5) is 43.7. The first-order valence-corrected chi connectivity index (χ1v) is 16.8. The second kappa shape index (κ2) is 13.6. The third-order valence-corrected chi connectivity index (χ3v) is 10.4. The molecule has 4 N–H and O–H groups in total. The second-order valence-electron chi connectivity index (χ2n) is 14.3. The number of nitrogens with zero attached hydrogens (tertiary/aromatic N) is 1. The van der Waals surface area contributed by atoms with Gasteiger partial charge in [-0.05, 0) is 94.0 Å². The summed E-state index contributed by atoms with van der Waals surface area (Å²) < 4.78 is 0. The fourth-order valence-corrected chi connectivity index (χ4v) is 7.84. The maximum atomic E-state index is 14.2. The van der Waals surface area contributed by atoms with E-state index in [0.29, 0.717) is 49.7 Å². The number of aryl methyl sites for hydroxylation is 1. The van der Waals surface area contributed by atoms with E-state index in [9.17, 15) is 14.4 Å². The number of rotatable bonds is 7. The van der Waals surface area contributed by atoms with Crippen molar-refractivity contribution in [1.82, 2.24) is 15.5 Å². The molecule has 2 fully saturated rings. The molecule has 1 saturated carbocycles. The van der Waals surface area contributed by atoms with Crippen LogP contribution in [0.5, 0.6) is 0 Å². The monoisotopic (exact) mass is 620 g/mol. The molecule has 3 aliphatic rings. The number of likely N-dealkylation sites (tertiary alicyclic amines) is 1. The van der Waals surface area contributed by atoms with Crippen molar-refractivity contribution in [2.45, 2.75) is 103 Å². The number of amides is 3. The Morgan fingerprint density at radius 3 is 2.30 bits per heavy atom. The largest absolute Gasteiger partial charge is 0.351 e. The van der Waals surface area contributed by atoms with Crippen molar-refractivity contribution in [2.75, 3.05) is 13.1 Å². The second-order valence-corrected chi connectivity index (χ2v) is 14.7. The Balaban J connectivity index is 1.33. The minimum atomic E-state index is -0.737. The molecule has 1 heterocycles. The van der Waals surface area contributed by atoms with Crippen LogP contribution in [0.2, 0.25) is 5.02 Å². The molecule has 44 heavy (non-hydrogen) atoms. The van der Waals surface area contributed by atoms with Gasteiger partial charge in [-0.2, -0.15) is 0 Å². The van der Waals surface area contributed by atoms with E-state index in [1.807, 2.05) is 68.1 Å². The number of piperidine rings is 1. The van der Waals surface area contributed by atoms with Crippen LogP contribution in [0.1, 0.15) is 94.9 Å². The summed E-state index contributed by atoms with van der Waals surface area (Å²) in [5.74, 6) is -0.242. The SMILES string of the molecule is CC(C)(C)NC(=O)C1(C2CCCCC2)CCN(C(=O)[C@@H](Cc2ccc(Cl)cc2)NC(=O)[C@H]2CCc3ccccc3[C@H]2N)CC1. The number of nitrogens with two attached hydrogens (primary N) is 1. The molecular formula is C36H49ClN4O3. The zero-order chi connectivity index (χ0) is 31.5. The van der Waals surface area contributed by atoms with Gasteiger partial charge < -0.3 is 21.3 Å². The van der Waals surface area contributed by atoms with Crippen LogP contribution in [0.25, 0.3) is 0 Å². The summed E-state index contributed by atoms with van der Waals surface area (Å²) in [6, 6.07) is 14.3. The van der Waals surface area contributed by atoms with Crippen LogP contribution in [-0.2, 0) is 27.2 Å². The number of benzene rings is 2. The van der Waals surface area contributed by atoms with E-state index in [4.69, 9.17) is 17.3 Å². The molecule has 0 spiro atoms. The number of fused-ring (bicyclic) bond motifs is 1. The lowest BCUT2D eigenvalue weighted by Crippen LogP contribution is -2.59. The van der Waals surface area contributed by atoms with Crippen molar-refractivity contribution in [3.8, 4) is 0 Å². The highest BCUT2D eigenvalue weighted by atomic mass is 35.5. The molecule has 0 aromatic heterocycles. The summed E-state index contributed by atoms with van der Waals surface area (Å²) in [6.07, 6.45) is 8.70. The molecule has 1 saturated heterocycles. The van der Waals surface area contributed by atoms with Gasteiger partial charge in [0, 0.05) is 36.1 Å². The smallest absolute Gasteiger partial charge is 0.245 e. The zero-order valence-corrected chi connectivity index (χ0v) is 27.3. The predicted octanol–water partition coefficient (Wildman–Crippen LogP) is 5.73. The highest BCUT2D eigenvalue weighted by molar-refractivity contribution is 6.30. The topological polar surface area (TPSA) is 105 Å². The van der Waals surface area contributed by atoms with Crippen LogP contribution in [0.15, 0.2) is 48.5 Å². The fraction of sp³-hybridized carbons (Fsp3) is 0.583. The summed E-state index contributed by atoms with van der Waals surface area (Å²) in [7, 11) is 0. The van der Waals surface area contributed by atoms with E-state index < -0.39 is 23.4 Å². The number of halogens is 1.